The van der Waals surface area contributed by atoms with Gasteiger partial charge in [0.05, 0.1) is 29.5 Å². The van der Waals surface area contributed by atoms with E-state index in [2.05, 4.69) is 38.7 Å². The molecular formula is C34H40FN7O3. The lowest BCUT2D eigenvalue weighted by Gasteiger charge is -2.41. The van der Waals surface area contributed by atoms with E-state index in [1.165, 1.54) is 23.2 Å². The molecule has 2 N–H and O–H groups in total. The normalized spacial score (nSPS) is 15.6. The first-order chi connectivity index (χ1) is 21.4. The summed E-state index contributed by atoms with van der Waals surface area (Å²) in [5.41, 5.74) is 3.91. The Morgan fingerprint density at radius 2 is 1.80 bits per heavy atom. The number of aryl methyl sites for hydroxylation is 3. The third kappa shape index (κ3) is 7.79. The number of piperazine rings is 1. The maximum atomic E-state index is 14.7. The van der Waals surface area contributed by atoms with Gasteiger partial charge in [-0.15, -0.1) is 6.58 Å². The molecule has 0 saturated carbocycles. The monoisotopic (exact) mass is 613 g/mol. The molecule has 2 aromatic heterocycles. The van der Waals surface area contributed by atoms with Crippen molar-refractivity contribution in [3.8, 4) is 0 Å². The molecule has 236 valence electrons. The predicted molar refractivity (Wildman–Crippen MR) is 174 cm³/mol. The quantitative estimate of drug-likeness (QED) is 0.255. The molecule has 0 unspecified atom stereocenters. The molecule has 0 spiro atoms. The van der Waals surface area contributed by atoms with Crippen molar-refractivity contribution in [1.29, 1.82) is 0 Å². The molecule has 3 aromatic rings. The van der Waals surface area contributed by atoms with Gasteiger partial charge < -0.3 is 20.4 Å². The summed E-state index contributed by atoms with van der Waals surface area (Å²) < 4.78 is 14.7. The van der Waals surface area contributed by atoms with Gasteiger partial charge in [-0.05, 0) is 67.3 Å². The fourth-order valence-electron chi connectivity index (χ4n) is 5.29. The number of amides is 3. The van der Waals surface area contributed by atoms with Crippen LogP contribution < -0.4 is 10.6 Å². The molecule has 1 aliphatic heterocycles. The van der Waals surface area contributed by atoms with E-state index in [-0.39, 0.29) is 35.4 Å². The number of halogens is 1. The Bertz CT molecular complexity index is 1620. The minimum absolute atomic E-state index is 0.136. The van der Waals surface area contributed by atoms with Gasteiger partial charge in [0, 0.05) is 46.5 Å². The van der Waals surface area contributed by atoms with Gasteiger partial charge in [0.25, 0.3) is 11.8 Å². The van der Waals surface area contributed by atoms with Gasteiger partial charge in [0.1, 0.15) is 17.3 Å². The van der Waals surface area contributed by atoms with E-state index in [4.69, 9.17) is 0 Å². The van der Waals surface area contributed by atoms with Gasteiger partial charge in [-0.25, -0.2) is 14.4 Å². The fourth-order valence-corrected chi connectivity index (χ4v) is 5.29. The zero-order valence-corrected chi connectivity index (χ0v) is 26.4. The Kier molecular flexibility index (Phi) is 10.5. The highest BCUT2D eigenvalue weighted by molar-refractivity contribution is 6.04. The number of nitrogens with one attached hydrogen (secondary N) is 2. The Morgan fingerprint density at radius 1 is 1.04 bits per heavy atom. The summed E-state index contributed by atoms with van der Waals surface area (Å²) in [6.07, 6.45) is 6.08. The van der Waals surface area contributed by atoms with Crippen LogP contribution in [0.3, 0.4) is 0 Å². The van der Waals surface area contributed by atoms with E-state index in [0.717, 1.165) is 5.56 Å². The second-order valence-corrected chi connectivity index (χ2v) is 11.4. The number of pyridine rings is 2. The summed E-state index contributed by atoms with van der Waals surface area (Å²) in [4.78, 5) is 51.9. The van der Waals surface area contributed by atoms with Crippen LogP contribution in [0.25, 0.3) is 0 Å². The molecule has 1 fully saturated rings. The van der Waals surface area contributed by atoms with E-state index in [0.29, 0.717) is 59.9 Å². The summed E-state index contributed by atoms with van der Waals surface area (Å²) >= 11 is 0. The van der Waals surface area contributed by atoms with E-state index < -0.39 is 5.91 Å². The first-order valence-electron chi connectivity index (χ1n) is 14.7. The smallest absolute Gasteiger partial charge is 0.275 e. The van der Waals surface area contributed by atoms with E-state index in [1.807, 2.05) is 12.1 Å². The molecule has 10 nitrogen and oxygen atoms in total. The van der Waals surface area contributed by atoms with Crippen molar-refractivity contribution in [2.24, 2.45) is 0 Å². The molecule has 1 aromatic carbocycles. The Labute approximate surface area is 263 Å². The summed E-state index contributed by atoms with van der Waals surface area (Å²) in [6, 6.07) is 8.19. The number of carbonyl (C=O) groups excluding carboxylic acids is 3. The average molecular weight is 614 g/mol. The molecule has 2 atom stereocenters. The number of benzene rings is 1. The lowest BCUT2D eigenvalue weighted by atomic mass is 10.0. The predicted octanol–water partition coefficient (Wildman–Crippen LogP) is 4.53. The Balaban J connectivity index is 1.52. The van der Waals surface area contributed by atoms with Crippen molar-refractivity contribution in [1.82, 2.24) is 24.7 Å². The summed E-state index contributed by atoms with van der Waals surface area (Å²) in [5.74, 6) is -0.702. The molecule has 3 amide bonds. The minimum atomic E-state index is -0.430. The van der Waals surface area contributed by atoms with Crippen LogP contribution in [0, 0.1) is 26.6 Å². The maximum absolute atomic E-state index is 14.7. The van der Waals surface area contributed by atoms with Crippen LogP contribution in [-0.2, 0) is 4.79 Å². The van der Waals surface area contributed by atoms with Crippen molar-refractivity contribution in [2.45, 2.75) is 32.9 Å². The highest BCUT2D eigenvalue weighted by Gasteiger charge is 2.29. The van der Waals surface area contributed by atoms with Gasteiger partial charge in [0.15, 0.2) is 0 Å². The largest absolute Gasteiger partial charge is 0.376 e. The molecule has 0 bridgehead atoms. The zero-order valence-electron chi connectivity index (χ0n) is 26.4. The second-order valence-electron chi connectivity index (χ2n) is 11.4. The molecular weight excluding hydrogens is 573 g/mol. The van der Waals surface area contributed by atoms with Crippen LogP contribution in [0.15, 0.2) is 68.0 Å². The van der Waals surface area contributed by atoms with Crippen molar-refractivity contribution >= 4 is 29.2 Å². The van der Waals surface area contributed by atoms with Gasteiger partial charge in [0.2, 0.25) is 5.91 Å². The molecule has 0 radical (unpaired) electrons. The topological polar surface area (TPSA) is 111 Å². The number of rotatable bonds is 10. The second kappa shape index (κ2) is 14.3. The Morgan fingerprint density at radius 3 is 2.42 bits per heavy atom. The SMILES string of the molecule is C=CC(=O)N1CCN(C[C@H](Nc2cnc(C(=O)Nc3ncc(C(=O)N(C)C)cc3C)c(C)c2)c2ccc(C)c(F)c2)C[C@H]1C=C. The lowest BCUT2D eigenvalue weighted by molar-refractivity contribution is -0.129. The van der Waals surface area contributed by atoms with Crippen molar-refractivity contribution in [2.75, 3.05) is 50.9 Å². The number of hydrogen-bond acceptors (Lipinski definition) is 7. The van der Waals surface area contributed by atoms with Crippen LogP contribution in [0.5, 0.6) is 0 Å². The highest BCUT2D eigenvalue weighted by atomic mass is 19.1. The van der Waals surface area contributed by atoms with Gasteiger partial charge in [-0.2, -0.15) is 0 Å². The first kappa shape index (κ1) is 33.0. The van der Waals surface area contributed by atoms with Gasteiger partial charge in [-0.3, -0.25) is 19.3 Å². The third-order valence-corrected chi connectivity index (χ3v) is 7.87. The number of aromatic nitrogens is 2. The van der Waals surface area contributed by atoms with Crippen LogP contribution in [0.2, 0.25) is 0 Å². The minimum Gasteiger partial charge on any atom is -0.376 e. The molecule has 45 heavy (non-hydrogen) atoms. The standard InChI is InChI=1S/C34H40FN7O3/c1-8-27-19-41(12-13-42(27)30(43)9-2)20-29(24-11-10-21(3)28(35)16-24)38-26-15-22(4)31(36-18-26)33(44)39-32-23(5)14-25(17-37-32)34(45)40(6)7/h8-11,14-18,27,29,38H,1-2,12-13,19-20H2,3-7H3,(H,37,39,44)/t27-,29+/m1/s1. The number of nitrogens with zero attached hydrogens (tertiary/aromatic N) is 5. The maximum Gasteiger partial charge on any atom is 0.275 e. The van der Waals surface area contributed by atoms with Gasteiger partial charge in [-0.1, -0.05) is 24.8 Å². The summed E-state index contributed by atoms with van der Waals surface area (Å²) in [7, 11) is 3.32. The molecule has 1 saturated heterocycles. The van der Waals surface area contributed by atoms with E-state index >= 15 is 0 Å². The van der Waals surface area contributed by atoms with Crippen molar-refractivity contribution < 1.29 is 18.8 Å². The lowest BCUT2D eigenvalue weighted by Crippen LogP contribution is -2.54. The summed E-state index contributed by atoms with van der Waals surface area (Å²) in [6.45, 7) is 15.0. The molecule has 0 aliphatic carbocycles. The average Bonchev–Trinajstić information content (AvgIpc) is 3.02. The highest BCUT2D eigenvalue weighted by Crippen LogP contribution is 2.26. The molecule has 3 heterocycles. The van der Waals surface area contributed by atoms with Crippen molar-refractivity contribution in [3.63, 3.8) is 0 Å². The summed E-state index contributed by atoms with van der Waals surface area (Å²) in [5, 5.41) is 6.28. The van der Waals surface area contributed by atoms with E-state index in [9.17, 15) is 18.8 Å². The first-order valence-corrected chi connectivity index (χ1v) is 14.7. The third-order valence-electron chi connectivity index (χ3n) is 7.87. The Hall–Kier alpha value is -4.90. The number of anilines is 2. The fraction of sp³-hybridized carbons (Fsp3) is 0.324. The molecule has 11 heteroatoms. The molecule has 1 aliphatic rings. The molecule has 4 rings (SSSR count). The number of carbonyl (C=O) groups is 3. The number of hydrogen-bond donors (Lipinski definition) is 2. The van der Waals surface area contributed by atoms with Crippen LogP contribution >= 0.6 is 0 Å². The van der Waals surface area contributed by atoms with E-state index in [1.54, 1.807) is 64.2 Å². The van der Waals surface area contributed by atoms with Crippen LogP contribution in [-0.4, -0.2) is 88.7 Å². The van der Waals surface area contributed by atoms with Crippen molar-refractivity contribution in [3.05, 3.63) is 107 Å². The zero-order chi connectivity index (χ0) is 32.8. The van der Waals surface area contributed by atoms with Crippen LogP contribution in [0.4, 0.5) is 15.9 Å². The van der Waals surface area contributed by atoms with Gasteiger partial charge >= 0.3 is 0 Å². The van der Waals surface area contributed by atoms with Crippen LogP contribution in [0.1, 0.15) is 49.1 Å².